The second kappa shape index (κ2) is 9.06. The van der Waals surface area contributed by atoms with Gasteiger partial charge in [0.15, 0.2) is 0 Å². The molecule has 2 N–H and O–H groups in total. The van der Waals surface area contributed by atoms with Crippen molar-refractivity contribution in [1.82, 2.24) is 10.6 Å². The predicted octanol–water partition coefficient (Wildman–Crippen LogP) is 3.17. The van der Waals surface area contributed by atoms with Gasteiger partial charge in [0.25, 0.3) is 5.91 Å². The van der Waals surface area contributed by atoms with Crippen molar-refractivity contribution < 1.29 is 9.18 Å². The van der Waals surface area contributed by atoms with Crippen LogP contribution in [0.5, 0.6) is 0 Å². The summed E-state index contributed by atoms with van der Waals surface area (Å²) in [5, 5.41) is 6.09. The second-order valence-corrected chi connectivity index (χ2v) is 5.62. The van der Waals surface area contributed by atoms with Crippen molar-refractivity contribution >= 4 is 5.91 Å². The molecule has 2 aromatic carbocycles. The second-order valence-electron chi connectivity index (χ2n) is 5.62. The number of hydrogen-bond donors (Lipinski definition) is 2. The Labute approximate surface area is 136 Å². The van der Waals surface area contributed by atoms with Crippen LogP contribution in [0.3, 0.4) is 0 Å². The van der Waals surface area contributed by atoms with E-state index < -0.39 is 5.82 Å². The lowest BCUT2D eigenvalue weighted by Gasteiger charge is -2.14. The molecular formula is C19H23FN2O. The molecule has 0 aliphatic rings. The number of rotatable bonds is 8. The zero-order valence-corrected chi connectivity index (χ0v) is 13.4. The molecule has 0 aromatic heterocycles. The molecule has 23 heavy (non-hydrogen) atoms. The Kier molecular flexibility index (Phi) is 6.76. The van der Waals surface area contributed by atoms with Gasteiger partial charge in [0.1, 0.15) is 5.82 Å². The van der Waals surface area contributed by atoms with Gasteiger partial charge in [-0.1, -0.05) is 42.5 Å². The van der Waals surface area contributed by atoms with Gasteiger partial charge in [-0.3, -0.25) is 4.79 Å². The lowest BCUT2D eigenvalue weighted by atomic mass is 10.1. The quantitative estimate of drug-likeness (QED) is 0.735. The first-order valence-electron chi connectivity index (χ1n) is 7.97. The first-order valence-corrected chi connectivity index (χ1v) is 7.97. The molecule has 2 aromatic rings. The third-order valence-electron chi connectivity index (χ3n) is 3.73. The normalized spacial score (nSPS) is 11.9. The van der Waals surface area contributed by atoms with Crippen molar-refractivity contribution in [3.63, 3.8) is 0 Å². The van der Waals surface area contributed by atoms with Gasteiger partial charge in [-0.25, -0.2) is 4.39 Å². The van der Waals surface area contributed by atoms with Gasteiger partial charge in [0, 0.05) is 19.1 Å². The summed E-state index contributed by atoms with van der Waals surface area (Å²) in [5.74, 6) is -0.865. The van der Waals surface area contributed by atoms with E-state index in [1.54, 1.807) is 12.1 Å². The summed E-state index contributed by atoms with van der Waals surface area (Å²) in [4.78, 5) is 11.8. The van der Waals surface area contributed by atoms with Crippen molar-refractivity contribution in [3.05, 3.63) is 71.5 Å². The Balaban J connectivity index is 1.63. The van der Waals surface area contributed by atoms with Crippen LogP contribution >= 0.6 is 0 Å². The fourth-order valence-corrected chi connectivity index (χ4v) is 2.37. The molecule has 0 bridgehead atoms. The molecular weight excluding hydrogens is 291 g/mol. The van der Waals surface area contributed by atoms with Crippen LogP contribution in [0.4, 0.5) is 4.39 Å². The zero-order valence-electron chi connectivity index (χ0n) is 13.4. The average molecular weight is 314 g/mol. The minimum absolute atomic E-state index is 0.0876. The number of benzene rings is 2. The number of carbonyl (C=O) groups is 1. The number of halogens is 1. The van der Waals surface area contributed by atoms with Gasteiger partial charge in [0.05, 0.1) is 5.56 Å². The maximum absolute atomic E-state index is 13.5. The topological polar surface area (TPSA) is 41.1 Å². The molecule has 4 heteroatoms. The SMILES string of the molecule is C[C@@H](CCc1ccccc1)NCCNC(=O)c1ccccc1F. The summed E-state index contributed by atoms with van der Waals surface area (Å²) in [6.07, 6.45) is 2.06. The monoisotopic (exact) mass is 314 g/mol. The number of aryl methyl sites for hydroxylation is 1. The molecule has 0 fully saturated rings. The fourth-order valence-electron chi connectivity index (χ4n) is 2.37. The highest BCUT2D eigenvalue weighted by atomic mass is 19.1. The minimum Gasteiger partial charge on any atom is -0.351 e. The van der Waals surface area contributed by atoms with Crippen molar-refractivity contribution in [1.29, 1.82) is 0 Å². The Hall–Kier alpha value is -2.20. The molecule has 1 atom stereocenters. The smallest absolute Gasteiger partial charge is 0.254 e. The molecule has 0 saturated heterocycles. The number of nitrogens with one attached hydrogen (secondary N) is 2. The lowest BCUT2D eigenvalue weighted by Crippen LogP contribution is -2.36. The summed E-state index contributed by atoms with van der Waals surface area (Å²) in [6.45, 7) is 3.26. The van der Waals surface area contributed by atoms with Crippen molar-refractivity contribution in [2.75, 3.05) is 13.1 Å². The van der Waals surface area contributed by atoms with Crippen LogP contribution in [0.25, 0.3) is 0 Å². The average Bonchev–Trinajstić information content (AvgIpc) is 2.58. The number of carbonyl (C=O) groups excluding carboxylic acids is 1. The third-order valence-corrected chi connectivity index (χ3v) is 3.73. The lowest BCUT2D eigenvalue weighted by molar-refractivity contribution is 0.0949. The van der Waals surface area contributed by atoms with E-state index in [1.807, 2.05) is 18.2 Å². The van der Waals surface area contributed by atoms with Gasteiger partial charge in [-0.05, 0) is 37.5 Å². The number of hydrogen-bond acceptors (Lipinski definition) is 2. The highest BCUT2D eigenvalue weighted by Gasteiger charge is 2.09. The molecule has 1 amide bonds. The predicted molar refractivity (Wildman–Crippen MR) is 91.0 cm³/mol. The molecule has 0 saturated carbocycles. The maximum Gasteiger partial charge on any atom is 0.254 e. The van der Waals surface area contributed by atoms with Crippen LogP contribution in [0.1, 0.15) is 29.3 Å². The molecule has 0 radical (unpaired) electrons. The standard InChI is InChI=1S/C19H23FN2O/c1-15(11-12-16-7-3-2-4-8-16)21-13-14-22-19(23)17-9-5-6-10-18(17)20/h2-10,15,21H,11-14H2,1H3,(H,22,23)/t15-/m0/s1. The Bertz CT molecular complexity index is 616. The summed E-state index contributed by atoms with van der Waals surface area (Å²) in [5.41, 5.74) is 1.42. The Morgan fingerprint density at radius 1 is 1.04 bits per heavy atom. The van der Waals surface area contributed by atoms with E-state index in [1.165, 1.54) is 17.7 Å². The van der Waals surface area contributed by atoms with Gasteiger partial charge in [-0.2, -0.15) is 0 Å². The van der Waals surface area contributed by atoms with E-state index in [0.717, 1.165) is 12.8 Å². The van der Waals surface area contributed by atoms with E-state index in [4.69, 9.17) is 0 Å². The Morgan fingerprint density at radius 3 is 2.48 bits per heavy atom. The molecule has 0 spiro atoms. The maximum atomic E-state index is 13.5. The largest absolute Gasteiger partial charge is 0.351 e. The molecule has 2 rings (SSSR count). The Morgan fingerprint density at radius 2 is 1.74 bits per heavy atom. The highest BCUT2D eigenvalue weighted by molar-refractivity contribution is 5.94. The summed E-state index contributed by atoms with van der Waals surface area (Å²) >= 11 is 0. The van der Waals surface area contributed by atoms with Crippen LogP contribution < -0.4 is 10.6 Å². The molecule has 0 aliphatic heterocycles. The van der Waals surface area contributed by atoms with Crippen molar-refractivity contribution in [3.8, 4) is 0 Å². The zero-order chi connectivity index (χ0) is 16.5. The van der Waals surface area contributed by atoms with Gasteiger partial charge < -0.3 is 10.6 Å². The molecule has 122 valence electrons. The first-order chi connectivity index (χ1) is 11.2. The summed E-state index contributed by atoms with van der Waals surface area (Å²) in [6, 6.07) is 16.7. The molecule has 0 aliphatic carbocycles. The fraction of sp³-hybridized carbons (Fsp3) is 0.316. The highest BCUT2D eigenvalue weighted by Crippen LogP contribution is 2.06. The van der Waals surface area contributed by atoms with Crippen molar-refractivity contribution in [2.24, 2.45) is 0 Å². The van der Waals surface area contributed by atoms with Crippen LogP contribution in [0.2, 0.25) is 0 Å². The third kappa shape index (κ3) is 5.83. The van der Waals surface area contributed by atoms with Gasteiger partial charge in [0.2, 0.25) is 0 Å². The van der Waals surface area contributed by atoms with Gasteiger partial charge in [-0.15, -0.1) is 0 Å². The van der Waals surface area contributed by atoms with E-state index in [-0.39, 0.29) is 11.5 Å². The van der Waals surface area contributed by atoms with E-state index in [0.29, 0.717) is 19.1 Å². The summed E-state index contributed by atoms with van der Waals surface area (Å²) in [7, 11) is 0. The first kappa shape index (κ1) is 17.2. The number of amides is 1. The van der Waals surface area contributed by atoms with Crippen LogP contribution in [0.15, 0.2) is 54.6 Å². The molecule has 3 nitrogen and oxygen atoms in total. The minimum atomic E-state index is -0.491. The van der Waals surface area contributed by atoms with Crippen LogP contribution in [-0.4, -0.2) is 25.0 Å². The summed E-state index contributed by atoms with van der Waals surface area (Å²) < 4.78 is 13.5. The van der Waals surface area contributed by atoms with Gasteiger partial charge >= 0.3 is 0 Å². The molecule has 0 unspecified atom stereocenters. The van der Waals surface area contributed by atoms with Crippen molar-refractivity contribution in [2.45, 2.75) is 25.8 Å². The van der Waals surface area contributed by atoms with Crippen LogP contribution in [0, 0.1) is 5.82 Å². The van der Waals surface area contributed by atoms with Crippen LogP contribution in [-0.2, 0) is 6.42 Å². The van der Waals surface area contributed by atoms with E-state index >= 15 is 0 Å². The van der Waals surface area contributed by atoms with E-state index in [9.17, 15) is 9.18 Å². The molecule has 0 heterocycles. The van der Waals surface area contributed by atoms with E-state index in [2.05, 4.69) is 29.7 Å².